The van der Waals surface area contributed by atoms with E-state index in [9.17, 15) is 4.79 Å². The first-order valence-corrected chi connectivity index (χ1v) is 5.52. The van der Waals surface area contributed by atoms with E-state index in [-0.39, 0.29) is 11.7 Å². The van der Waals surface area contributed by atoms with Gasteiger partial charge in [-0.15, -0.1) is 0 Å². The van der Waals surface area contributed by atoms with E-state index in [0.717, 1.165) is 17.6 Å². The molecule has 1 fully saturated rings. The van der Waals surface area contributed by atoms with Crippen LogP contribution in [0.4, 0.5) is 0 Å². The molecular weight excluding hydrogens is 220 g/mol. The van der Waals surface area contributed by atoms with Crippen LogP contribution in [-0.4, -0.2) is 19.3 Å². The van der Waals surface area contributed by atoms with Crippen molar-refractivity contribution in [1.29, 1.82) is 0 Å². The summed E-state index contributed by atoms with van der Waals surface area (Å²) in [4.78, 5) is 11.3. The molecule has 0 bridgehead atoms. The second-order valence-electron chi connectivity index (χ2n) is 4.14. The first-order valence-electron chi connectivity index (χ1n) is 5.52. The maximum atomic E-state index is 11.3. The first kappa shape index (κ1) is 10.4. The van der Waals surface area contributed by atoms with Gasteiger partial charge in [0.1, 0.15) is 12.7 Å². The minimum atomic E-state index is -0.365. The van der Waals surface area contributed by atoms with Crippen molar-refractivity contribution in [2.75, 3.05) is 13.2 Å². The molecule has 0 saturated carbocycles. The van der Waals surface area contributed by atoms with E-state index in [1.54, 1.807) is 6.07 Å². The maximum absolute atomic E-state index is 11.3. The molecule has 88 valence electrons. The van der Waals surface area contributed by atoms with Crippen LogP contribution < -0.4 is 10.4 Å². The van der Waals surface area contributed by atoms with Gasteiger partial charge in [0.25, 0.3) is 0 Å². The second kappa shape index (κ2) is 3.89. The highest BCUT2D eigenvalue weighted by molar-refractivity contribution is 5.85. The molecule has 0 spiro atoms. The lowest BCUT2D eigenvalue weighted by Crippen LogP contribution is -2.05. The van der Waals surface area contributed by atoms with Crippen molar-refractivity contribution < 1.29 is 13.9 Å². The van der Waals surface area contributed by atoms with Gasteiger partial charge < -0.3 is 13.9 Å². The summed E-state index contributed by atoms with van der Waals surface area (Å²) in [7, 11) is 0. The lowest BCUT2D eigenvalue weighted by Gasteiger charge is -2.08. The lowest BCUT2D eigenvalue weighted by molar-refractivity contribution is 0.262. The molecule has 17 heavy (non-hydrogen) atoms. The number of rotatable bonds is 3. The molecular formula is C13H12O4. The Hall–Kier alpha value is -1.81. The van der Waals surface area contributed by atoms with Gasteiger partial charge in [0.2, 0.25) is 0 Å². The number of hydrogen-bond acceptors (Lipinski definition) is 4. The summed E-state index contributed by atoms with van der Waals surface area (Å²) in [6.45, 7) is 3.21. The Labute approximate surface area is 97.8 Å². The van der Waals surface area contributed by atoms with Crippen LogP contribution in [0.3, 0.4) is 0 Å². The quantitative estimate of drug-likeness (QED) is 0.599. The molecule has 1 aliphatic rings. The van der Waals surface area contributed by atoms with Crippen LogP contribution in [0, 0.1) is 6.92 Å². The minimum absolute atomic E-state index is 0.182. The van der Waals surface area contributed by atoms with Crippen molar-refractivity contribution in [3.05, 3.63) is 40.2 Å². The Bertz CT molecular complexity index is 610. The summed E-state index contributed by atoms with van der Waals surface area (Å²) >= 11 is 0. The van der Waals surface area contributed by atoms with Gasteiger partial charge in [-0.3, -0.25) is 0 Å². The van der Waals surface area contributed by atoms with Gasteiger partial charge in [-0.1, -0.05) is 6.07 Å². The molecule has 2 aromatic rings. The zero-order valence-electron chi connectivity index (χ0n) is 9.43. The van der Waals surface area contributed by atoms with Gasteiger partial charge in [-0.2, -0.15) is 0 Å². The van der Waals surface area contributed by atoms with Crippen LogP contribution >= 0.6 is 0 Å². The van der Waals surface area contributed by atoms with E-state index in [4.69, 9.17) is 13.9 Å². The lowest BCUT2D eigenvalue weighted by atomic mass is 10.1. The largest absolute Gasteiger partial charge is 0.487 e. The fraction of sp³-hybridized carbons (Fsp3) is 0.308. The van der Waals surface area contributed by atoms with E-state index in [2.05, 4.69) is 0 Å². The summed E-state index contributed by atoms with van der Waals surface area (Å²) in [6, 6.07) is 6.95. The Kier molecular flexibility index (Phi) is 2.37. The molecule has 1 aromatic heterocycles. The summed E-state index contributed by atoms with van der Waals surface area (Å²) in [6.07, 6.45) is 0.182. The molecule has 2 heterocycles. The number of fused-ring (bicyclic) bond motifs is 1. The molecule has 1 aromatic carbocycles. The molecule has 1 unspecified atom stereocenters. The van der Waals surface area contributed by atoms with Crippen LogP contribution in [0.1, 0.15) is 5.56 Å². The number of hydrogen-bond donors (Lipinski definition) is 0. The summed E-state index contributed by atoms with van der Waals surface area (Å²) in [5, 5.41) is 0.902. The molecule has 0 amide bonds. The van der Waals surface area contributed by atoms with Crippen LogP contribution in [-0.2, 0) is 4.74 Å². The Morgan fingerprint density at radius 2 is 2.18 bits per heavy atom. The highest BCUT2D eigenvalue weighted by Crippen LogP contribution is 2.27. The molecule has 4 nitrogen and oxygen atoms in total. The Balaban J connectivity index is 2.06. The van der Waals surface area contributed by atoms with E-state index in [0.29, 0.717) is 17.9 Å². The van der Waals surface area contributed by atoms with Gasteiger partial charge in [-0.25, -0.2) is 4.79 Å². The zero-order valence-corrected chi connectivity index (χ0v) is 9.43. The average molecular weight is 232 g/mol. The van der Waals surface area contributed by atoms with Crippen molar-refractivity contribution in [3.8, 4) is 5.75 Å². The van der Waals surface area contributed by atoms with Crippen molar-refractivity contribution in [3.63, 3.8) is 0 Å². The predicted molar refractivity (Wildman–Crippen MR) is 62.5 cm³/mol. The zero-order chi connectivity index (χ0) is 11.8. The smallest absolute Gasteiger partial charge is 0.336 e. The summed E-state index contributed by atoms with van der Waals surface area (Å²) in [5.41, 5.74) is 1.20. The number of epoxide rings is 1. The third-order valence-electron chi connectivity index (χ3n) is 2.79. The molecule has 0 aliphatic carbocycles. The van der Waals surface area contributed by atoms with Crippen molar-refractivity contribution >= 4 is 11.0 Å². The van der Waals surface area contributed by atoms with E-state index >= 15 is 0 Å². The molecule has 1 atom stereocenters. The van der Waals surface area contributed by atoms with E-state index in [1.807, 2.05) is 19.1 Å². The highest BCUT2D eigenvalue weighted by Gasteiger charge is 2.23. The standard InChI is InChI=1S/C13H12O4/c1-8-2-4-11(16-7-9-6-15-9)13-10(8)3-5-12(14)17-13/h2-5,9H,6-7H2,1H3. The van der Waals surface area contributed by atoms with Gasteiger partial charge in [0.15, 0.2) is 11.3 Å². The van der Waals surface area contributed by atoms with E-state index < -0.39 is 0 Å². The second-order valence-corrected chi connectivity index (χ2v) is 4.14. The number of aryl methyl sites for hydroxylation is 1. The normalized spacial score (nSPS) is 18.3. The molecule has 1 aliphatic heterocycles. The molecule has 3 rings (SSSR count). The fourth-order valence-electron chi connectivity index (χ4n) is 1.74. The predicted octanol–water partition coefficient (Wildman–Crippen LogP) is 1.88. The maximum Gasteiger partial charge on any atom is 0.336 e. The fourth-order valence-corrected chi connectivity index (χ4v) is 1.74. The van der Waals surface area contributed by atoms with Crippen molar-refractivity contribution in [1.82, 2.24) is 0 Å². The number of benzene rings is 1. The van der Waals surface area contributed by atoms with Gasteiger partial charge in [0, 0.05) is 11.5 Å². The summed E-state index contributed by atoms with van der Waals surface area (Å²) < 4.78 is 15.9. The minimum Gasteiger partial charge on any atom is -0.487 e. The van der Waals surface area contributed by atoms with E-state index in [1.165, 1.54) is 6.07 Å². The first-order chi connectivity index (χ1) is 8.24. The third-order valence-corrected chi connectivity index (χ3v) is 2.79. The summed E-state index contributed by atoms with van der Waals surface area (Å²) in [5.74, 6) is 0.596. The monoisotopic (exact) mass is 232 g/mol. The topological polar surface area (TPSA) is 52.0 Å². The molecule has 0 radical (unpaired) electrons. The van der Waals surface area contributed by atoms with Gasteiger partial charge >= 0.3 is 5.63 Å². The molecule has 1 saturated heterocycles. The van der Waals surface area contributed by atoms with Crippen LogP contribution in [0.5, 0.6) is 5.75 Å². The molecule has 4 heteroatoms. The number of ether oxygens (including phenoxy) is 2. The Morgan fingerprint density at radius 1 is 1.35 bits per heavy atom. The van der Waals surface area contributed by atoms with Crippen LogP contribution in [0.15, 0.2) is 33.5 Å². The van der Waals surface area contributed by atoms with Gasteiger partial charge in [0.05, 0.1) is 6.61 Å². The Morgan fingerprint density at radius 3 is 2.94 bits per heavy atom. The van der Waals surface area contributed by atoms with Gasteiger partial charge in [-0.05, 0) is 24.6 Å². The average Bonchev–Trinajstić information content (AvgIpc) is 3.12. The third kappa shape index (κ3) is 2.03. The SMILES string of the molecule is Cc1ccc(OCC2CO2)c2oc(=O)ccc12. The van der Waals surface area contributed by atoms with Crippen molar-refractivity contribution in [2.24, 2.45) is 0 Å². The van der Waals surface area contributed by atoms with Crippen molar-refractivity contribution in [2.45, 2.75) is 13.0 Å². The molecule has 0 N–H and O–H groups in total. The van der Waals surface area contributed by atoms with Crippen LogP contribution in [0.2, 0.25) is 0 Å². The highest BCUT2D eigenvalue weighted by atomic mass is 16.6. The van der Waals surface area contributed by atoms with Crippen LogP contribution in [0.25, 0.3) is 11.0 Å².